The monoisotopic (exact) mass is 287 g/mol. The standard InChI is InChI=1S/C18H29N3/c1-4-15-13-20-12-8-7-9-16(20)14-21(15)18-11-6-5-10-17(18)19(2)3/h5-6,10-11,15-16H,4,7-9,12-14H2,1-3H3. The van der Waals surface area contributed by atoms with Crippen LogP contribution in [0.3, 0.4) is 0 Å². The van der Waals surface area contributed by atoms with Crippen LogP contribution in [0.4, 0.5) is 11.4 Å². The molecule has 0 spiro atoms. The number of rotatable bonds is 3. The Balaban J connectivity index is 1.89. The number of benzene rings is 1. The van der Waals surface area contributed by atoms with Gasteiger partial charge in [0.2, 0.25) is 0 Å². The molecule has 0 aliphatic carbocycles. The predicted molar refractivity (Wildman–Crippen MR) is 91.4 cm³/mol. The van der Waals surface area contributed by atoms with Crippen molar-refractivity contribution in [3.05, 3.63) is 24.3 Å². The minimum atomic E-state index is 0.653. The topological polar surface area (TPSA) is 9.72 Å². The molecule has 2 heterocycles. The van der Waals surface area contributed by atoms with Crippen molar-refractivity contribution < 1.29 is 0 Å². The first kappa shape index (κ1) is 14.7. The molecule has 0 radical (unpaired) electrons. The van der Waals surface area contributed by atoms with Crippen LogP contribution in [0, 0.1) is 0 Å². The maximum absolute atomic E-state index is 2.74. The van der Waals surface area contributed by atoms with Crippen LogP contribution >= 0.6 is 0 Å². The number of piperidine rings is 1. The molecule has 0 saturated carbocycles. The zero-order chi connectivity index (χ0) is 14.8. The number of nitrogens with zero attached hydrogens (tertiary/aromatic N) is 3. The van der Waals surface area contributed by atoms with Crippen LogP contribution in [0.15, 0.2) is 24.3 Å². The van der Waals surface area contributed by atoms with Gasteiger partial charge < -0.3 is 9.80 Å². The highest BCUT2D eigenvalue weighted by atomic mass is 15.3. The number of hydrogen-bond donors (Lipinski definition) is 0. The summed E-state index contributed by atoms with van der Waals surface area (Å²) in [5.41, 5.74) is 2.76. The van der Waals surface area contributed by atoms with Gasteiger partial charge in [-0.3, -0.25) is 4.90 Å². The largest absolute Gasteiger partial charge is 0.376 e. The van der Waals surface area contributed by atoms with Gasteiger partial charge in [-0.25, -0.2) is 0 Å². The molecule has 3 nitrogen and oxygen atoms in total. The van der Waals surface area contributed by atoms with Crippen molar-refractivity contribution in [3.63, 3.8) is 0 Å². The lowest BCUT2D eigenvalue weighted by molar-refractivity contribution is 0.111. The summed E-state index contributed by atoms with van der Waals surface area (Å²) < 4.78 is 0. The Morgan fingerprint density at radius 3 is 2.71 bits per heavy atom. The van der Waals surface area contributed by atoms with Crippen molar-refractivity contribution in [1.29, 1.82) is 0 Å². The van der Waals surface area contributed by atoms with Gasteiger partial charge in [-0.15, -0.1) is 0 Å². The van der Waals surface area contributed by atoms with Gasteiger partial charge >= 0.3 is 0 Å². The average molecular weight is 287 g/mol. The van der Waals surface area contributed by atoms with E-state index in [1.54, 1.807) is 0 Å². The highest BCUT2D eigenvalue weighted by Gasteiger charge is 2.34. The van der Waals surface area contributed by atoms with Crippen molar-refractivity contribution in [2.24, 2.45) is 0 Å². The van der Waals surface area contributed by atoms with E-state index in [0.717, 1.165) is 6.04 Å². The van der Waals surface area contributed by atoms with E-state index in [0.29, 0.717) is 6.04 Å². The van der Waals surface area contributed by atoms with Crippen molar-refractivity contribution in [2.75, 3.05) is 43.5 Å². The lowest BCUT2D eigenvalue weighted by Crippen LogP contribution is -2.59. The van der Waals surface area contributed by atoms with E-state index in [4.69, 9.17) is 0 Å². The van der Waals surface area contributed by atoms with Gasteiger partial charge in [0.25, 0.3) is 0 Å². The second kappa shape index (κ2) is 6.27. The van der Waals surface area contributed by atoms with Crippen molar-refractivity contribution in [2.45, 2.75) is 44.7 Å². The number of piperazine rings is 1. The van der Waals surface area contributed by atoms with Crippen LogP contribution < -0.4 is 9.80 Å². The third-order valence-corrected chi connectivity index (χ3v) is 5.19. The van der Waals surface area contributed by atoms with Gasteiger partial charge in [-0.05, 0) is 37.9 Å². The molecule has 21 heavy (non-hydrogen) atoms. The number of fused-ring (bicyclic) bond motifs is 1. The Morgan fingerprint density at radius 2 is 1.95 bits per heavy atom. The third kappa shape index (κ3) is 2.89. The Labute approximate surface area is 129 Å². The van der Waals surface area contributed by atoms with Crippen molar-refractivity contribution in [3.8, 4) is 0 Å². The molecule has 2 atom stereocenters. The number of hydrogen-bond acceptors (Lipinski definition) is 3. The minimum absolute atomic E-state index is 0.653. The molecule has 116 valence electrons. The van der Waals surface area contributed by atoms with Crippen LogP contribution in [0.5, 0.6) is 0 Å². The molecule has 2 aliphatic rings. The summed E-state index contributed by atoms with van der Waals surface area (Å²) in [5, 5.41) is 0. The van der Waals surface area contributed by atoms with Crippen LogP contribution in [-0.4, -0.2) is 50.7 Å². The van der Waals surface area contributed by atoms with E-state index in [1.807, 2.05) is 0 Å². The predicted octanol–water partition coefficient (Wildman–Crippen LogP) is 3.21. The number of para-hydroxylation sites is 2. The molecule has 3 rings (SSSR count). The lowest BCUT2D eigenvalue weighted by Gasteiger charge is -2.50. The summed E-state index contributed by atoms with van der Waals surface area (Å²) in [7, 11) is 4.30. The van der Waals surface area contributed by atoms with Crippen molar-refractivity contribution in [1.82, 2.24) is 4.90 Å². The Morgan fingerprint density at radius 1 is 1.14 bits per heavy atom. The average Bonchev–Trinajstić information content (AvgIpc) is 2.53. The zero-order valence-corrected chi connectivity index (χ0v) is 13.8. The van der Waals surface area contributed by atoms with E-state index in [-0.39, 0.29) is 0 Å². The second-order valence-corrected chi connectivity index (χ2v) is 6.74. The lowest BCUT2D eigenvalue weighted by atomic mass is 9.95. The Kier molecular flexibility index (Phi) is 4.39. The Hall–Kier alpha value is -1.22. The van der Waals surface area contributed by atoms with Gasteiger partial charge in [0.1, 0.15) is 0 Å². The van der Waals surface area contributed by atoms with Crippen LogP contribution in [0.1, 0.15) is 32.6 Å². The summed E-state index contributed by atoms with van der Waals surface area (Å²) in [6.45, 7) is 6.08. The molecule has 2 unspecified atom stereocenters. The molecule has 2 aliphatic heterocycles. The fourth-order valence-electron chi connectivity index (χ4n) is 3.98. The summed E-state index contributed by atoms with van der Waals surface area (Å²) in [6, 6.07) is 10.3. The SMILES string of the molecule is CCC1CN2CCCCC2CN1c1ccccc1N(C)C. The molecule has 0 amide bonds. The molecule has 2 fully saturated rings. The Bertz CT molecular complexity index is 471. The van der Waals surface area contributed by atoms with E-state index in [2.05, 4.69) is 60.0 Å². The smallest absolute Gasteiger partial charge is 0.0607 e. The molecular weight excluding hydrogens is 258 g/mol. The maximum Gasteiger partial charge on any atom is 0.0607 e. The van der Waals surface area contributed by atoms with E-state index >= 15 is 0 Å². The highest BCUT2D eigenvalue weighted by molar-refractivity contribution is 5.71. The summed E-state index contributed by atoms with van der Waals surface area (Å²) in [5.74, 6) is 0. The van der Waals surface area contributed by atoms with Gasteiger partial charge in [-0.1, -0.05) is 25.5 Å². The van der Waals surface area contributed by atoms with Gasteiger partial charge in [-0.2, -0.15) is 0 Å². The van der Waals surface area contributed by atoms with E-state index < -0.39 is 0 Å². The highest BCUT2D eigenvalue weighted by Crippen LogP contribution is 2.34. The van der Waals surface area contributed by atoms with Gasteiger partial charge in [0, 0.05) is 39.3 Å². The first-order valence-electron chi connectivity index (χ1n) is 8.47. The molecule has 2 saturated heterocycles. The van der Waals surface area contributed by atoms with Crippen LogP contribution in [0.25, 0.3) is 0 Å². The second-order valence-electron chi connectivity index (χ2n) is 6.74. The summed E-state index contributed by atoms with van der Waals surface area (Å²) >= 11 is 0. The quantitative estimate of drug-likeness (QED) is 0.845. The molecular formula is C18H29N3. The summed E-state index contributed by atoms with van der Waals surface area (Å²) in [6.07, 6.45) is 5.39. The molecule has 1 aromatic carbocycles. The first-order valence-corrected chi connectivity index (χ1v) is 8.47. The first-order chi connectivity index (χ1) is 10.2. The molecule has 1 aromatic rings. The minimum Gasteiger partial charge on any atom is -0.376 e. The zero-order valence-electron chi connectivity index (χ0n) is 13.8. The molecule has 0 aromatic heterocycles. The third-order valence-electron chi connectivity index (χ3n) is 5.19. The molecule has 0 bridgehead atoms. The van der Waals surface area contributed by atoms with E-state index in [1.165, 1.54) is 56.7 Å². The van der Waals surface area contributed by atoms with E-state index in [9.17, 15) is 0 Å². The van der Waals surface area contributed by atoms with Gasteiger partial charge in [0.05, 0.1) is 11.4 Å². The number of anilines is 2. The van der Waals surface area contributed by atoms with Gasteiger partial charge in [0.15, 0.2) is 0 Å². The fraction of sp³-hybridized carbons (Fsp3) is 0.667. The normalized spacial score (nSPS) is 26.5. The van der Waals surface area contributed by atoms with Crippen LogP contribution in [-0.2, 0) is 0 Å². The summed E-state index contributed by atoms with van der Waals surface area (Å²) in [4.78, 5) is 7.67. The van der Waals surface area contributed by atoms with Crippen LogP contribution in [0.2, 0.25) is 0 Å². The fourth-order valence-corrected chi connectivity index (χ4v) is 3.98. The molecule has 3 heteroatoms. The maximum atomic E-state index is 2.74. The molecule has 0 N–H and O–H groups in total. The van der Waals surface area contributed by atoms with Crippen molar-refractivity contribution >= 4 is 11.4 Å².